The third kappa shape index (κ3) is 5.00. The normalized spacial score (nSPS) is 17.2. The summed E-state index contributed by atoms with van der Waals surface area (Å²) in [6.45, 7) is 1.80. The van der Waals surface area contributed by atoms with Crippen LogP contribution in [0.2, 0.25) is 5.02 Å². The van der Waals surface area contributed by atoms with Gasteiger partial charge in [0.15, 0.2) is 17.4 Å². The Morgan fingerprint density at radius 2 is 1.93 bits per heavy atom. The minimum absolute atomic E-state index is 0.0441. The van der Waals surface area contributed by atoms with Crippen molar-refractivity contribution in [2.45, 2.75) is 32.0 Å². The highest BCUT2D eigenvalue weighted by Gasteiger charge is 2.28. The first kappa shape index (κ1) is 21.0. The molecule has 0 spiro atoms. The number of hydrogen-bond acceptors (Lipinski definition) is 4. The van der Waals surface area contributed by atoms with Gasteiger partial charge in [-0.3, -0.25) is 5.01 Å². The Bertz CT molecular complexity index is 914. The summed E-state index contributed by atoms with van der Waals surface area (Å²) in [5.41, 5.74) is 1.50. The third-order valence-corrected chi connectivity index (χ3v) is 4.66. The Balaban J connectivity index is 1.71. The van der Waals surface area contributed by atoms with Gasteiger partial charge in [0.2, 0.25) is 6.17 Å². The SMILES string of the molecule is CC1=NN(c2ccc(Cl)cc2)C(COc2c(F)cc(CC(F)C(=O)O)cc2F)C1. The first-order chi connectivity index (χ1) is 13.7. The number of nitrogens with zero attached hydrogens (tertiary/aromatic N) is 2. The largest absolute Gasteiger partial charge is 0.485 e. The number of alkyl halides is 1. The summed E-state index contributed by atoms with van der Waals surface area (Å²) in [5.74, 6) is -4.33. The number of rotatable bonds is 7. The maximum absolute atomic E-state index is 14.3. The number of carbonyl (C=O) groups is 1. The van der Waals surface area contributed by atoms with Gasteiger partial charge >= 0.3 is 5.97 Å². The van der Waals surface area contributed by atoms with E-state index in [9.17, 15) is 18.0 Å². The molecular formula is C20H18ClF3N2O3. The van der Waals surface area contributed by atoms with Crippen molar-refractivity contribution in [1.82, 2.24) is 0 Å². The molecule has 2 aromatic carbocycles. The van der Waals surface area contributed by atoms with Crippen molar-refractivity contribution in [1.29, 1.82) is 0 Å². The van der Waals surface area contributed by atoms with E-state index in [4.69, 9.17) is 21.4 Å². The van der Waals surface area contributed by atoms with Gasteiger partial charge in [0.05, 0.1) is 11.7 Å². The summed E-state index contributed by atoms with van der Waals surface area (Å²) in [4.78, 5) is 10.6. The van der Waals surface area contributed by atoms with Crippen LogP contribution in [0, 0.1) is 11.6 Å². The lowest BCUT2D eigenvalue weighted by atomic mass is 10.1. The molecule has 0 fully saturated rings. The average molecular weight is 427 g/mol. The smallest absolute Gasteiger partial charge is 0.338 e. The minimum Gasteiger partial charge on any atom is -0.485 e. The van der Waals surface area contributed by atoms with Gasteiger partial charge in [-0.25, -0.2) is 18.0 Å². The van der Waals surface area contributed by atoms with E-state index >= 15 is 0 Å². The number of aliphatic carboxylic acids is 1. The fraction of sp³-hybridized carbons (Fsp3) is 0.300. The summed E-state index contributed by atoms with van der Waals surface area (Å²) in [6, 6.07) is 8.46. The van der Waals surface area contributed by atoms with Crippen LogP contribution in [0.4, 0.5) is 18.9 Å². The second-order valence-corrected chi connectivity index (χ2v) is 7.16. The van der Waals surface area contributed by atoms with E-state index in [1.165, 1.54) is 0 Å². The Kier molecular flexibility index (Phi) is 6.32. The van der Waals surface area contributed by atoms with Crippen molar-refractivity contribution >= 4 is 29.0 Å². The molecule has 1 N–H and O–H groups in total. The van der Waals surface area contributed by atoms with Crippen molar-refractivity contribution in [2.75, 3.05) is 11.6 Å². The summed E-state index contributed by atoms with van der Waals surface area (Å²) in [6.07, 6.45) is -2.33. The first-order valence-electron chi connectivity index (χ1n) is 8.81. The summed E-state index contributed by atoms with van der Waals surface area (Å²) in [5, 5.41) is 15.3. The number of anilines is 1. The standard InChI is InChI=1S/C20H18ClF3N2O3/c1-11-6-15(26(25-11)14-4-2-13(21)3-5-14)10-29-19-16(22)7-12(8-17(19)23)9-18(24)20(27)28/h2-5,7-8,15,18H,6,9-10H2,1H3,(H,27,28). The van der Waals surface area contributed by atoms with E-state index in [-0.39, 0.29) is 18.2 Å². The van der Waals surface area contributed by atoms with E-state index in [2.05, 4.69) is 5.10 Å². The number of hydrazone groups is 1. The number of halogens is 4. The van der Waals surface area contributed by atoms with E-state index in [0.29, 0.717) is 11.4 Å². The average Bonchev–Trinajstić information content (AvgIpc) is 3.02. The number of ether oxygens (including phenoxy) is 1. The van der Waals surface area contributed by atoms with Crippen molar-refractivity contribution < 1.29 is 27.8 Å². The Hall–Kier alpha value is -2.74. The topological polar surface area (TPSA) is 62.1 Å². The van der Waals surface area contributed by atoms with Crippen LogP contribution < -0.4 is 9.75 Å². The van der Waals surface area contributed by atoms with Crippen LogP contribution in [-0.2, 0) is 11.2 Å². The Morgan fingerprint density at radius 3 is 2.52 bits per heavy atom. The van der Waals surface area contributed by atoms with Gasteiger partial charge in [0.1, 0.15) is 6.61 Å². The molecule has 29 heavy (non-hydrogen) atoms. The lowest BCUT2D eigenvalue weighted by molar-refractivity contribution is -0.142. The molecule has 0 saturated carbocycles. The molecule has 2 atom stereocenters. The highest BCUT2D eigenvalue weighted by atomic mass is 35.5. The third-order valence-electron chi connectivity index (χ3n) is 4.41. The molecule has 0 bridgehead atoms. The van der Waals surface area contributed by atoms with Crippen LogP contribution in [-0.4, -0.2) is 35.6 Å². The predicted molar refractivity (Wildman–Crippen MR) is 104 cm³/mol. The molecule has 5 nitrogen and oxygen atoms in total. The molecule has 1 aliphatic rings. The molecule has 9 heteroatoms. The quantitative estimate of drug-likeness (QED) is 0.702. The summed E-state index contributed by atoms with van der Waals surface area (Å²) < 4.78 is 47.2. The first-order valence-corrected chi connectivity index (χ1v) is 9.19. The van der Waals surface area contributed by atoms with E-state index in [1.807, 2.05) is 6.92 Å². The molecule has 0 radical (unpaired) electrons. The lowest BCUT2D eigenvalue weighted by Gasteiger charge is -2.24. The molecule has 0 amide bonds. The van der Waals surface area contributed by atoms with Gasteiger partial charge in [-0.05, 0) is 48.9 Å². The highest BCUT2D eigenvalue weighted by Crippen LogP contribution is 2.29. The lowest BCUT2D eigenvalue weighted by Crippen LogP contribution is -2.32. The number of carboxylic acids is 1. The van der Waals surface area contributed by atoms with E-state index < -0.39 is 35.9 Å². The van der Waals surface area contributed by atoms with Crippen molar-refractivity contribution in [3.05, 3.63) is 58.6 Å². The van der Waals surface area contributed by atoms with E-state index in [1.54, 1.807) is 29.3 Å². The zero-order chi connectivity index (χ0) is 21.1. The van der Waals surface area contributed by atoms with Crippen LogP contribution in [0.3, 0.4) is 0 Å². The summed E-state index contributed by atoms with van der Waals surface area (Å²) >= 11 is 5.90. The van der Waals surface area contributed by atoms with Gasteiger partial charge in [0, 0.05) is 23.6 Å². The molecule has 2 unspecified atom stereocenters. The molecule has 2 aromatic rings. The fourth-order valence-corrected chi connectivity index (χ4v) is 3.19. The van der Waals surface area contributed by atoms with Gasteiger partial charge in [-0.15, -0.1) is 0 Å². The van der Waals surface area contributed by atoms with Crippen molar-refractivity contribution in [2.24, 2.45) is 5.10 Å². The maximum Gasteiger partial charge on any atom is 0.338 e. The number of benzene rings is 2. The second kappa shape index (κ2) is 8.73. The van der Waals surface area contributed by atoms with Crippen LogP contribution in [0.1, 0.15) is 18.9 Å². The van der Waals surface area contributed by atoms with Gasteiger partial charge in [0.25, 0.3) is 0 Å². The number of carboxylic acid groups (broad SMARTS) is 1. The number of hydrogen-bond donors (Lipinski definition) is 1. The molecule has 154 valence electrons. The van der Waals surface area contributed by atoms with Crippen LogP contribution in [0.25, 0.3) is 0 Å². The van der Waals surface area contributed by atoms with Gasteiger partial charge < -0.3 is 9.84 Å². The van der Waals surface area contributed by atoms with Crippen molar-refractivity contribution in [3.8, 4) is 5.75 Å². The van der Waals surface area contributed by atoms with Crippen LogP contribution >= 0.6 is 11.6 Å². The Morgan fingerprint density at radius 1 is 1.31 bits per heavy atom. The van der Waals surface area contributed by atoms with Gasteiger partial charge in [-0.2, -0.15) is 5.10 Å². The molecular weight excluding hydrogens is 409 g/mol. The molecule has 0 aliphatic carbocycles. The molecule has 3 rings (SSSR count). The minimum atomic E-state index is -2.24. The van der Waals surface area contributed by atoms with E-state index in [0.717, 1.165) is 23.5 Å². The predicted octanol–water partition coefficient (Wildman–Crippen LogP) is 4.62. The highest BCUT2D eigenvalue weighted by molar-refractivity contribution is 6.30. The van der Waals surface area contributed by atoms with Crippen molar-refractivity contribution in [3.63, 3.8) is 0 Å². The monoisotopic (exact) mass is 426 g/mol. The maximum atomic E-state index is 14.3. The van der Waals surface area contributed by atoms with Crippen LogP contribution in [0.5, 0.6) is 5.75 Å². The zero-order valence-corrected chi connectivity index (χ0v) is 16.2. The molecule has 0 saturated heterocycles. The fourth-order valence-electron chi connectivity index (χ4n) is 3.07. The zero-order valence-electron chi connectivity index (χ0n) is 15.4. The summed E-state index contributed by atoms with van der Waals surface area (Å²) in [7, 11) is 0. The molecule has 1 heterocycles. The molecule has 1 aliphatic heterocycles. The Labute approximate surface area is 170 Å². The van der Waals surface area contributed by atoms with Gasteiger partial charge in [-0.1, -0.05) is 11.6 Å². The van der Waals surface area contributed by atoms with Crippen LogP contribution in [0.15, 0.2) is 41.5 Å². The second-order valence-electron chi connectivity index (χ2n) is 6.72. The molecule has 0 aromatic heterocycles.